The first-order valence-corrected chi connectivity index (χ1v) is 5.21. The van der Waals surface area contributed by atoms with Gasteiger partial charge in [-0.05, 0) is 23.6 Å². The van der Waals surface area contributed by atoms with E-state index >= 15 is 0 Å². The number of aromatic nitrogens is 1. The Morgan fingerprint density at radius 2 is 2.19 bits per heavy atom. The molecule has 1 aromatic carbocycles. The molecule has 4 heteroatoms. The van der Waals surface area contributed by atoms with Gasteiger partial charge in [0.25, 0.3) is 0 Å². The summed E-state index contributed by atoms with van der Waals surface area (Å²) in [6, 6.07) is 7.74. The van der Waals surface area contributed by atoms with Crippen LogP contribution in [0.4, 0.5) is 5.69 Å². The van der Waals surface area contributed by atoms with Gasteiger partial charge in [-0.1, -0.05) is 13.0 Å². The molecule has 2 aromatic rings. The fourth-order valence-electron chi connectivity index (χ4n) is 1.75. The fraction of sp³-hybridized carbons (Fsp3) is 0.250. The molecule has 84 valence electrons. The number of rotatable bonds is 3. The number of hydrogen-bond acceptors (Lipinski definition) is 2. The summed E-state index contributed by atoms with van der Waals surface area (Å²) in [6.45, 7) is 2.41. The van der Waals surface area contributed by atoms with Gasteiger partial charge in [0.15, 0.2) is 0 Å². The van der Waals surface area contributed by atoms with Crippen LogP contribution in [0.3, 0.4) is 0 Å². The minimum Gasteiger partial charge on any atom is -0.399 e. The second-order valence-electron chi connectivity index (χ2n) is 4.09. The molecule has 4 nitrogen and oxygen atoms in total. The molecule has 16 heavy (non-hydrogen) atoms. The van der Waals surface area contributed by atoms with Crippen LogP contribution in [-0.4, -0.2) is 10.5 Å². The fourth-order valence-corrected chi connectivity index (χ4v) is 1.75. The zero-order chi connectivity index (χ0) is 11.7. The molecule has 0 saturated heterocycles. The summed E-state index contributed by atoms with van der Waals surface area (Å²) in [7, 11) is 0. The molecule has 1 heterocycles. The van der Waals surface area contributed by atoms with Crippen LogP contribution < -0.4 is 11.5 Å². The summed E-state index contributed by atoms with van der Waals surface area (Å²) in [5, 5.41) is 1.12. The number of nitrogens with two attached hydrogens (primary N) is 2. The Hall–Kier alpha value is -1.97. The number of nitrogen functional groups attached to an aromatic ring is 1. The Morgan fingerprint density at radius 3 is 2.88 bits per heavy atom. The van der Waals surface area contributed by atoms with Crippen molar-refractivity contribution in [1.82, 2.24) is 4.57 Å². The van der Waals surface area contributed by atoms with Gasteiger partial charge in [0.2, 0.25) is 5.91 Å². The van der Waals surface area contributed by atoms with Crippen molar-refractivity contribution in [3.63, 3.8) is 0 Å². The van der Waals surface area contributed by atoms with E-state index in [0.717, 1.165) is 16.6 Å². The van der Waals surface area contributed by atoms with E-state index in [4.69, 9.17) is 11.5 Å². The smallest absolute Gasteiger partial charge is 0.222 e. The minimum absolute atomic E-state index is 0.183. The molecule has 0 aliphatic carbocycles. The lowest BCUT2D eigenvalue weighted by Crippen LogP contribution is -2.24. The summed E-state index contributed by atoms with van der Waals surface area (Å²) in [5.74, 6) is -0.470. The number of anilines is 1. The Kier molecular flexibility index (Phi) is 2.56. The SMILES string of the molecule is CC(Cn1ccc2ccc(N)cc21)C(N)=O. The number of amides is 1. The summed E-state index contributed by atoms with van der Waals surface area (Å²) in [6.07, 6.45) is 1.95. The van der Waals surface area contributed by atoms with Crippen LogP contribution >= 0.6 is 0 Å². The van der Waals surface area contributed by atoms with Crippen molar-refractivity contribution in [3.05, 3.63) is 30.5 Å². The second-order valence-corrected chi connectivity index (χ2v) is 4.09. The minimum atomic E-state index is -0.286. The maximum Gasteiger partial charge on any atom is 0.222 e. The molecule has 1 atom stereocenters. The van der Waals surface area contributed by atoms with Gasteiger partial charge in [0, 0.05) is 18.4 Å². The molecule has 0 saturated carbocycles. The zero-order valence-electron chi connectivity index (χ0n) is 9.18. The van der Waals surface area contributed by atoms with E-state index in [1.165, 1.54) is 0 Å². The van der Waals surface area contributed by atoms with Crippen molar-refractivity contribution < 1.29 is 4.79 Å². The molecule has 1 aromatic heterocycles. The number of primary amides is 1. The maximum absolute atomic E-state index is 11.0. The molecular formula is C12H15N3O. The third-order valence-corrected chi connectivity index (χ3v) is 2.75. The number of carbonyl (C=O) groups excluding carboxylic acids is 1. The van der Waals surface area contributed by atoms with E-state index < -0.39 is 0 Å². The quantitative estimate of drug-likeness (QED) is 0.761. The first-order valence-electron chi connectivity index (χ1n) is 5.21. The van der Waals surface area contributed by atoms with Crippen molar-refractivity contribution in [2.45, 2.75) is 13.5 Å². The number of hydrogen-bond donors (Lipinski definition) is 2. The Bertz CT molecular complexity index is 530. The average molecular weight is 217 g/mol. The molecule has 0 spiro atoms. The third kappa shape index (κ3) is 1.86. The van der Waals surface area contributed by atoms with Crippen molar-refractivity contribution in [2.75, 3.05) is 5.73 Å². The van der Waals surface area contributed by atoms with Crippen molar-refractivity contribution in [2.24, 2.45) is 11.7 Å². The molecule has 0 radical (unpaired) electrons. The Morgan fingerprint density at radius 1 is 1.44 bits per heavy atom. The Balaban J connectivity index is 2.37. The largest absolute Gasteiger partial charge is 0.399 e. The molecule has 1 unspecified atom stereocenters. The van der Waals surface area contributed by atoms with Crippen LogP contribution in [0.25, 0.3) is 10.9 Å². The van der Waals surface area contributed by atoms with Gasteiger partial charge < -0.3 is 16.0 Å². The van der Waals surface area contributed by atoms with E-state index in [-0.39, 0.29) is 11.8 Å². The monoisotopic (exact) mass is 217 g/mol. The predicted octanol–water partition coefficient (Wildman–Crippen LogP) is 1.34. The van der Waals surface area contributed by atoms with Crippen LogP contribution in [0, 0.1) is 5.92 Å². The van der Waals surface area contributed by atoms with Crippen LogP contribution in [0.15, 0.2) is 30.5 Å². The van der Waals surface area contributed by atoms with Crippen molar-refractivity contribution in [1.29, 1.82) is 0 Å². The second kappa shape index (κ2) is 3.89. The highest BCUT2D eigenvalue weighted by Gasteiger charge is 2.10. The highest BCUT2D eigenvalue weighted by Crippen LogP contribution is 2.19. The van der Waals surface area contributed by atoms with Crippen molar-refractivity contribution in [3.8, 4) is 0 Å². The number of fused-ring (bicyclic) bond motifs is 1. The zero-order valence-corrected chi connectivity index (χ0v) is 9.18. The van der Waals surface area contributed by atoms with Gasteiger partial charge in [0.1, 0.15) is 0 Å². The standard InChI is InChI=1S/C12H15N3O/c1-8(12(14)16)7-15-5-4-9-2-3-10(13)6-11(9)15/h2-6,8H,7,13H2,1H3,(H2,14,16). The lowest BCUT2D eigenvalue weighted by molar-refractivity contribution is -0.121. The van der Waals surface area contributed by atoms with E-state index in [1.54, 1.807) is 0 Å². The first-order chi connectivity index (χ1) is 7.58. The average Bonchev–Trinajstić information content (AvgIpc) is 2.61. The van der Waals surface area contributed by atoms with Crippen LogP contribution in [0.2, 0.25) is 0 Å². The number of carbonyl (C=O) groups is 1. The highest BCUT2D eigenvalue weighted by molar-refractivity contribution is 5.83. The molecule has 2 rings (SSSR count). The van der Waals surface area contributed by atoms with Gasteiger partial charge in [0.05, 0.1) is 11.4 Å². The highest BCUT2D eigenvalue weighted by atomic mass is 16.1. The summed E-state index contributed by atoms with van der Waals surface area (Å²) < 4.78 is 2.00. The van der Waals surface area contributed by atoms with E-state index in [9.17, 15) is 4.79 Å². The normalized spacial score (nSPS) is 12.8. The van der Waals surface area contributed by atoms with E-state index in [1.807, 2.05) is 42.0 Å². The van der Waals surface area contributed by atoms with Crippen LogP contribution in [-0.2, 0) is 11.3 Å². The topological polar surface area (TPSA) is 74.0 Å². The van der Waals surface area contributed by atoms with Gasteiger partial charge in [-0.15, -0.1) is 0 Å². The number of nitrogens with zero attached hydrogens (tertiary/aromatic N) is 1. The predicted molar refractivity (Wildman–Crippen MR) is 64.7 cm³/mol. The van der Waals surface area contributed by atoms with Crippen LogP contribution in [0.5, 0.6) is 0 Å². The summed E-state index contributed by atoms with van der Waals surface area (Å²) >= 11 is 0. The van der Waals surface area contributed by atoms with E-state index in [2.05, 4.69) is 0 Å². The maximum atomic E-state index is 11.0. The van der Waals surface area contributed by atoms with Gasteiger partial charge in [-0.3, -0.25) is 4.79 Å². The third-order valence-electron chi connectivity index (χ3n) is 2.75. The van der Waals surface area contributed by atoms with Crippen LogP contribution in [0.1, 0.15) is 6.92 Å². The Labute approximate surface area is 93.8 Å². The number of benzene rings is 1. The lowest BCUT2D eigenvalue weighted by Gasteiger charge is -2.10. The van der Waals surface area contributed by atoms with Gasteiger partial charge in [-0.2, -0.15) is 0 Å². The molecule has 0 aliphatic heterocycles. The van der Waals surface area contributed by atoms with Gasteiger partial charge in [-0.25, -0.2) is 0 Å². The van der Waals surface area contributed by atoms with E-state index in [0.29, 0.717) is 6.54 Å². The van der Waals surface area contributed by atoms with Crippen molar-refractivity contribution >= 4 is 22.5 Å². The summed E-state index contributed by atoms with van der Waals surface area (Å²) in [4.78, 5) is 11.0. The van der Waals surface area contributed by atoms with Gasteiger partial charge >= 0.3 is 0 Å². The molecule has 4 N–H and O–H groups in total. The lowest BCUT2D eigenvalue weighted by atomic mass is 10.1. The summed E-state index contributed by atoms with van der Waals surface area (Å²) in [5.41, 5.74) is 12.7. The molecule has 0 aliphatic rings. The first kappa shape index (κ1) is 10.5. The molecule has 0 bridgehead atoms. The molecular weight excluding hydrogens is 202 g/mol. The molecule has 0 fully saturated rings. The molecule has 1 amide bonds.